The number of halogens is 1. The predicted octanol–water partition coefficient (Wildman–Crippen LogP) is 4.26. The van der Waals surface area contributed by atoms with Crippen molar-refractivity contribution in [3.05, 3.63) is 69.7 Å². The number of hydrogen-bond acceptors (Lipinski definition) is 1. The Morgan fingerprint density at radius 3 is 2.39 bits per heavy atom. The predicted molar refractivity (Wildman–Crippen MR) is 78.0 cm³/mol. The molecule has 2 heteroatoms. The third kappa shape index (κ3) is 2.74. The van der Waals surface area contributed by atoms with E-state index in [0.29, 0.717) is 0 Å². The third-order valence-electron chi connectivity index (χ3n) is 3.32. The molecule has 2 N–H and O–H groups in total. The van der Waals surface area contributed by atoms with Gasteiger partial charge in [0.2, 0.25) is 0 Å². The molecule has 2 rings (SSSR count). The normalized spacial score (nSPS) is 12.4. The first-order chi connectivity index (χ1) is 8.61. The maximum absolute atomic E-state index is 6.32. The molecule has 0 fully saturated rings. The Balaban J connectivity index is 2.34. The summed E-state index contributed by atoms with van der Waals surface area (Å²) < 4.78 is 0. The lowest BCUT2D eigenvalue weighted by Crippen LogP contribution is -2.13. The van der Waals surface area contributed by atoms with Crippen LogP contribution in [0.1, 0.15) is 35.2 Å². The average molecular weight is 260 g/mol. The van der Waals surface area contributed by atoms with Gasteiger partial charge in [-0.2, -0.15) is 0 Å². The second-order valence-electron chi connectivity index (χ2n) is 4.57. The first-order valence-electron chi connectivity index (χ1n) is 6.22. The van der Waals surface area contributed by atoms with E-state index < -0.39 is 0 Å². The van der Waals surface area contributed by atoms with Gasteiger partial charge < -0.3 is 5.73 Å². The van der Waals surface area contributed by atoms with Crippen molar-refractivity contribution >= 4 is 11.6 Å². The summed E-state index contributed by atoms with van der Waals surface area (Å²) in [6.45, 7) is 4.21. The largest absolute Gasteiger partial charge is 0.320 e. The van der Waals surface area contributed by atoms with Crippen molar-refractivity contribution < 1.29 is 0 Å². The molecule has 1 atom stereocenters. The van der Waals surface area contributed by atoms with E-state index in [1.165, 1.54) is 11.1 Å². The fourth-order valence-electron chi connectivity index (χ4n) is 2.09. The van der Waals surface area contributed by atoms with Crippen LogP contribution in [0.2, 0.25) is 5.02 Å². The Morgan fingerprint density at radius 1 is 1.11 bits per heavy atom. The molecular weight excluding hydrogens is 242 g/mol. The van der Waals surface area contributed by atoms with E-state index in [0.717, 1.165) is 22.6 Å². The molecule has 0 aliphatic rings. The maximum Gasteiger partial charge on any atom is 0.0554 e. The van der Waals surface area contributed by atoms with E-state index in [-0.39, 0.29) is 6.04 Å². The lowest BCUT2D eigenvalue weighted by molar-refractivity contribution is 0.860. The van der Waals surface area contributed by atoms with Crippen molar-refractivity contribution in [1.82, 2.24) is 0 Å². The molecule has 18 heavy (non-hydrogen) atoms. The highest BCUT2D eigenvalue weighted by Crippen LogP contribution is 2.25. The van der Waals surface area contributed by atoms with E-state index in [1.807, 2.05) is 18.2 Å². The van der Waals surface area contributed by atoms with Crippen LogP contribution in [0.15, 0.2) is 42.5 Å². The Kier molecular flexibility index (Phi) is 4.05. The SMILES string of the molecule is CCc1ccc(C(N)c2cc(Cl)ccc2C)cc1. The molecule has 0 amide bonds. The van der Waals surface area contributed by atoms with Gasteiger partial charge in [0.25, 0.3) is 0 Å². The summed E-state index contributed by atoms with van der Waals surface area (Å²) in [5.74, 6) is 0. The standard InChI is InChI=1S/C16H18ClN/c1-3-12-5-7-13(8-6-12)16(18)15-10-14(17)9-4-11(15)2/h4-10,16H,3,18H2,1-2H3. The summed E-state index contributed by atoms with van der Waals surface area (Å²) in [6, 6.07) is 14.2. The summed E-state index contributed by atoms with van der Waals surface area (Å²) in [7, 11) is 0. The van der Waals surface area contributed by atoms with E-state index in [2.05, 4.69) is 38.1 Å². The summed E-state index contributed by atoms with van der Waals surface area (Å²) in [6.07, 6.45) is 1.05. The number of nitrogens with two attached hydrogens (primary N) is 1. The van der Waals surface area contributed by atoms with Crippen molar-refractivity contribution in [1.29, 1.82) is 0 Å². The van der Waals surface area contributed by atoms with Gasteiger partial charge in [0.1, 0.15) is 0 Å². The van der Waals surface area contributed by atoms with Crippen LogP contribution in [-0.2, 0) is 6.42 Å². The molecule has 0 bridgehead atoms. The Labute approximate surface area is 114 Å². The maximum atomic E-state index is 6.32. The highest BCUT2D eigenvalue weighted by atomic mass is 35.5. The molecule has 0 aliphatic heterocycles. The quantitative estimate of drug-likeness (QED) is 0.876. The minimum absolute atomic E-state index is 0.116. The van der Waals surface area contributed by atoms with Crippen LogP contribution in [0, 0.1) is 6.92 Å². The number of benzene rings is 2. The van der Waals surface area contributed by atoms with Crippen LogP contribution in [0.4, 0.5) is 0 Å². The van der Waals surface area contributed by atoms with E-state index in [9.17, 15) is 0 Å². The average Bonchev–Trinajstić information content (AvgIpc) is 2.41. The van der Waals surface area contributed by atoms with Crippen LogP contribution in [0.5, 0.6) is 0 Å². The number of hydrogen-bond donors (Lipinski definition) is 1. The Hall–Kier alpha value is -1.31. The lowest BCUT2D eigenvalue weighted by atomic mass is 9.95. The lowest BCUT2D eigenvalue weighted by Gasteiger charge is -2.16. The molecule has 0 radical (unpaired) electrons. The summed E-state index contributed by atoms with van der Waals surface area (Å²) >= 11 is 6.04. The molecule has 1 unspecified atom stereocenters. The summed E-state index contributed by atoms with van der Waals surface area (Å²) in [5, 5.41) is 0.733. The van der Waals surface area contributed by atoms with Gasteiger partial charge in [-0.25, -0.2) is 0 Å². The van der Waals surface area contributed by atoms with Crippen molar-refractivity contribution in [2.24, 2.45) is 5.73 Å². The van der Waals surface area contributed by atoms with Gasteiger partial charge in [-0.3, -0.25) is 0 Å². The van der Waals surface area contributed by atoms with E-state index >= 15 is 0 Å². The van der Waals surface area contributed by atoms with Crippen LogP contribution >= 0.6 is 11.6 Å². The Bertz CT molecular complexity index is 531. The molecule has 1 nitrogen and oxygen atoms in total. The molecule has 2 aromatic rings. The first-order valence-corrected chi connectivity index (χ1v) is 6.60. The molecule has 0 saturated heterocycles. The fraction of sp³-hybridized carbons (Fsp3) is 0.250. The van der Waals surface area contributed by atoms with Gasteiger partial charge in [0.15, 0.2) is 0 Å². The zero-order valence-electron chi connectivity index (χ0n) is 10.8. The molecule has 94 valence electrons. The van der Waals surface area contributed by atoms with Gasteiger partial charge in [-0.05, 0) is 47.7 Å². The third-order valence-corrected chi connectivity index (χ3v) is 3.56. The van der Waals surface area contributed by atoms with Gasteiger partial charge >= 0.3 is 0 Å². The topological polar surface area (TPSA) is 26.0 Å². The van der Waals surface area contributed by atoms with Crippen LogP contribution < -0.4 is 5.73 Å². The number of aryl methyl sites for hydroxylation is 2. The minimum Gasteiger partial charge on any atom is -0.320 e. The van der Waals surface area contributed by atoms with Gasteiger partial charge in [-0.1, -0.05) is 48.9 Å². The molecule has 0 heterocycles. The molecule has 0 aliphatic carbocycles. The molecular formula is C16H18ClN. The van der Waals surface area contributed by atoms with E-state index in [1.54, 1.807) is 0 Å². The zero-order chi connectivity index (χ0) is 13.1. The van der Waals surface area contributed by atoms with Gasteiger partial charge in [0.05, 0.1) is 6.04 Å². The molecule has 0 saturated carbocycles. The summed E-state index contributed by atoms with van der Waals surface area (Å²) in [4.78, 5) is 0. The second-order valence-corrected chi connectivity index (χ2v) is 5.01. The van der Waals surface area contributed by atoms with Gasteiger partial charge in [0, 0.05) is 5.02 Å². The second kappa shape index (κ2) is 5.55. The first kappa shape index (κ1) is 13.1. The van der Waals surface area contributed by atoms with Crippen molar-refractivity contribution in [3.8, 4) is 0 Å². The van der Waals surface area contributed by atoms with Crippen LogP contribution in [0.25, 0.3) is 0 Å². The minimum atomic E-state index is -0.116. The summed E-state index contributed by atoms with van der Waals surface area (Å²) in [5.41, 5.74) is 11.0. The van der Waals surface area contributed by atoms with E-state index in [4.69, 9.17) is 17.3 Å². The van der Waals surface area contributed by atoms with Gasteiger partial charge in [-0.15, -0.1) is 0 Å². The molecule has 0 spiro atoms. The van der Waals surface area contributed by atoms with Crippen LogP contribution in [0.3, 0.4) is 0 Å². The van der Waals surface area contributed by atoms with Crippen molar-refractivity contribution in [3.63, 3.8) is 0 Å². The highest BCUT2D eigenvalue weighted by Gasteiger charge is 2.11. The Morgan fingerprint density at radius 2 is 1.78 bits per heavy atom. The molecule has 0 aromatic heterocycles. The highest BCUT2D eigenvalue weighted by molar-refractivity contribution is 6.30. The smallest absolute Gasteiger partial charge is 0.0554 e. The fourth-order valence-corrected chi connectivity index (χ4v) is 2.27. The monoisotopic (exact) mass is 259 g/mol. The molecule has 2 aromatic carbocycles. The van der Waals surface area contributed by atoms with Crippen molar-refractivity contribution in [2.75, 3.05) is 0 Å². The zero-order valence-corrected chi connectivity index (χ0v) is 11.5. The van der Waals surface area contributed by atoms with Crippen molar-refractivity contribution in [2.45, 2.75) is 26.3 Å². The number of rotatable bonds is 3. The van der Waals surface area contributed by atoms with Crippen LogP contribution in [-0.4, -0.2) is 0 Å².